The van der Waals surface area contributed by atoms with E-state index in [1.165, 1.54) is 4.88 Å². The summed E-state index contributed by atoms with van der Waals surface area (Å²) in [5.41, 5.74) is 1.94. The number of rotatable bonds is 15. The van der Waals surface area contributed by atoms with Crippen molar-refractivity contribution in [3.05, 3.63) is 75.5 Å². The smallest absolute Gasteiger partial charge is 0.242 e. The number of benzene rings is 2. The zero-order valence-corrected chi connectivity index (χ0v) is 24.5. The van der Waals surface area contributed by atoms with Gasteiger partial charge in [0.2, 0.25) is 11.8 Å². The van der Waals surface area contributed by atoms with Crippen molar-refractivity contribution in [2.75, 3.05) is 41.0 Å². The third kappa shape index (κ3) is 9.03. The zero-order valence-electron chi connectivity index (χ0n) is 23.7. The highest BCUT2D eigenvalue weighted by atomic mass is 32.1. The van der Waals surface area contributed by atoms with Gasteiger partial charge in [-0.15, -0.1) is 11.3 Å². The highest BCUT2D eigenvalue weighted by Crippen LogP contribution is 2.28. The van der Waals surface area contributed by atoms with E-state index in [0.29, 0.717) is 37.6 Å². The molecule has 3 rings (SSSR count). The molecule has 1 heterocycles. The van der Waals surface area contributed by atoms with E-state index < -0.39 is 0 Å². The molecule has 3 aromatic rings. The fourth-order valence-electron chi connectivity index (χ4n) is 4.28. The minimum atomic E-state index is -0.0549. The minimum Gasteiger partial charge on any atom is -0.497 e. The average molecular weight is 553 g/mol. The number of carbonyl (C=O) groups is 2. The number of nitrogens with zero attached hydrogens (tertiary/aromatic N) is 2. The van der Waals surface area contributed by atoms with Gasteiger partial charge in [-0.05, 0) is 67.3 Å². The van der Waals surface area contributed by atoms with Crippen molar-refractivity contribution < 1.29 is 23.8 Å². The van der Waals surface area contributed by atoms with Gasteiger partial charge in [-0.1, -0.05) is 31.5 Å². The molecule has 2 aromatic carbocycles. The lowest BCUT2D eigenvalue weighted by Crippen LogP contribution is -2.44. The maximum atomic E-state index is 13.7. The van der Waals surface area contributed by atoms with Crippen LogP contribution in [0, 0.1) is 6.92 Å². The molecule has 0 atom stereocenters. The second-order valence-electron chi connectivity index (χ2n) is 9.46. The van der Waals surface area contributed by atoms with E-state index in [9.17, 15) is 9.59 Å². The Hall–Kier alpha value is -3.52. The summed E-state index contributed by atoms with van der Waals surface area (Å²) >= 11 is 1.69. The van der Waals surface area contributed by atoms with E-state index in [1.54, 1.807) is 37.6 Å². The van der Waals surface area contributed by atoms with Crippen LogP contribution in [0.4, 0.5) is 0 Å². The average Bonchev–Trinajstić information content (AvgIpc) is 3.37. The number of hydrogen-bond donors (Lipinski definition) is 0. The molecular weight excluding hydrogens is 512 g/mol. The molecule has 0 saturated heterocycles. The van der Waals surface area contributed by atoms with Gasteiger partial charge in [0.1, 0.15) is 5.75 Å². The Bertz CT molecular complexity index is 1210. The second-order valence-corrected chi connectivity index (χ2v) is 10.8. The summed E-state index contributed by atoms with van der Waals surface area (Å²) in [5, 5.41) is 0. The molecule has 39 heavy (non-hydrogen) atoms. The van der Waals surface area contributed by atoms with Crippen LogP contribution in [0.15, 0.2) is 54.6 Å². The lowest BCUT2D eigenvalue weighted by Gasteiger charge is -2.28. The Kier molecular flexibility index (Phi) is 11.7. The summed E-state index contributed by atoms with van der Waals surface area (Å²) in [6, 6.07) is 17.5. The summed E-state index contributed by atoms with van der Waals surface area (Å²) in [6.07, 6.45) is 2.69. The van der Waals surface area contributed by atoms with E-state index in [0.717, 1.165) is 34.6 Å². The molecule has 0 unspecified atom stereocenters. The number of carbonyl (C=O) groups excluding carboxylic acids is 2. The quantitative estimate of drug-likeness (QED) is 0.248. The van der Waals surface area contributed by atoms with Gasteiger partial charge in [0.15, 0.2) is 11.5 Å². The highest BCUT2D eigenvalue weighted by Gasteiger charge is 2.22. The summed E-state index contributed by atoms with van der Waals surface area (Å²) in [6.45, 7) is 5.80. The fraction of sp³-hybridized carbons (Fsp3) is 0.419. The minimum absolute atomic E-state index is 0.0474. The third-order valence-electron chi connectivity index (χ3n) is 6.59. The van der Waals surface area contributed by atoms with Crippen molar-refractivity contribution in [1.29, 1.82) is 0 Å². The van der Waals surface area contributed by atoms with Gasteiger partial charge in [0.05, 0.1) is 40.8 Å². The molecule has 0 saturated carbocycles. The molecule has 0 N–H and O–H groups in total. The molecule has 210 valence electrons. The molecule has 0 spiro atoms. The molecule has 7 nitrogen and oxygen atoms in total. The molecule has 0 aliphatic carbocycles. The molecule has 2 amide bonds. The van der Waals surface area contributed by atoms with Crippen molar-refractivity contribution in [3.8, 4) is 17.2 Å². The van der Waals surface area contributed by atoms with Gasteiger partial charge in [0, 0.05) is 22.8 Å². The largest absolute Gasteiger partial charge is 0.497 e. The number of aryl methyl sites for hydroxylation is 1. The predicted octanol–water partition coefficient (Wildman–Crippen LogP) is 5.53. The van der Waals surface area contributed by atoms with Crippen LogP contribution in [-0.2, 0) is 29.0 Å². The number of thiophene rings is 1. The summed E-state index contributed by atoms with van der Waals surface area (Å²) in [4.78, 5) is 32.9. The van der Waals surface area contributed by atoms with Crippen LogP contribution in [0.1, 0.15) is 40.6 Å². The Morgan fingerprint density at radius 3 is 2.13 bits per heavy atom. The summed E-state index contributed by atoms with van der Waals surface area (Å²) in [5.74, 6) is 1.98. The molecule has 0 radical (unpaired) electrons. The number of ether oxygens (including phenoxy) is 3. The van der Waals surface area contributed by atoms with Gasteiger partial charge in [-0.3, -0.25) is 9.59 Å². The molecule has 0 aliphatic heterocycles. The first kappa shape index (κ1) is 30.0. The summed E-state index contributed by atoms with van der Waals surface area (Å²) < 4.78 is 16.0. The van der Waals surface area contributed by atoms with E-state index >= 15 is 0 Å². The first-order valence-corrected chi connectivity index (χ1v) is 14.1. The molecule has 0 bridgehead atoms. The maximum Gasteiger partial charge on any atom is 0.242 e. The lowest BCUT2D eigenvalue weighted by molar-refractivity contribution is -0.140. The monoisotopic (exact) mass is 552 g/mol. The van der Waals surface area contributed by atoms with E-state index in [2.05, 4.69) is 26.0 Å². The Morgan fingerprint density at radius 1 is 0.795 bits per heavy atom. The first-order chi connectivity index (χ1) is 18.9. The maximum absolute atomic E-state index is 13.7. The summed E-state index contributed by atoms with van der Waals surface area (Å²) in [7, 11) is 4.85. The van der Waals surface area contributed by atoms with Crippen molar-refractivity contribution >= 4 is 23.2 Å². The van der Waals surface area contributed by atoms with Crippen LogP contribution in [0.3, 0.4) is 0 Å². The molecule has 1 aromatic heterocycles. The van der Waals surface area contributed by atoms with Gasteiger partial charge in [-0.25, -0.2) is 0 Å². The van der Waals surface area contributed by atoms with Crippen LogP contribution < -0.4 is 14.2 Å². The van der Waals surface area contributed by atoms with Gasteiger partial charge in [0.25, 0.3) is 0 Å². The Balaban J connectivity index is 1.74. The zero-order chi connectivity index (χ0) is 28.2. The predicted molar refractivity (Wildman–Crippen MR) is 156 cm³/mol. The van der Waals surface area contributed by atoms with Gasteiger partial charge >= 0.3 is 0 Å². The highest BCUT2D eigenvalue weighted by molar-refractivity contribution is 7.11. The van der Waals surface area contributed by atoms with E-state index in [-0.39, 0.29) is 24.8 Å². The molecule has 0 fully saturated rings. The lowest BCUT2D eigenvalue weighted by atomic mass is 10.1. The second kappa shape index (κ2) is 15.2. The number of unbranched alkanes of at least 4 members (excludes halogenated alkanes) is 1. The van der Waals surface area contributed by atoms with Crippen molar-refractivity contribution in [3.63, 3.8) is 0 Å². The standard InChI is InChI=1S/C31H40N2O5S/c1-6-7-17-32(30(34)20-24-9-12-26(36-3)13-10-24)22-31(35)33(21-27-14-8-23(2)39-27)18-16-25-11-15-28(37-4)29(19-25)38-5/h8-15,19H,6-7,16-18,20-22H2,1-5H3. The topological polar surface area (TPSA) is 68.3 Å². The van der Waals surface area contributed by atoms with E-state index in [4.69, 9.17) is 14.2 Å². The van der Waals surface area contributed by atoms with Gasteiger partial charge in [-0.2, -0.15) is 0 Å². The molecule has 8 heteroatoms. The fourth-order valence-corrected chi connectivity index (χ4v) is 5.19. The first-order valence-electron chi connectivity index (χ1n) is 13.3. The number of methoxy groups -OCH3 is 3. The third-order valence-corrected chi connectivity index (χ3v) is 7.57. The van der Waals surface area contributed by atoms with Crippen LogP contribution in [0.2, 0.25) is 0 Å². The normalized spacial score (nSPS) is 10.7. The van der Waals surface area contributed by atoms with Crippen LogP contribution >= 0.6 is 11.3 Å². The SMILES string of the molecule is CCCCN(CC(=O)N(CCc1ccc(OC)c(OC)c1)Cc1ccc(C)s1)C(=O)Cc1ccc(OC)cc1. The Labute approximate surface area is 236 Å². The van der Waals surface area contributed by atoms with Crippen LogP contribution in [0.5, 0.6) is 17.2 Å². The number of amides is 2. The van der Waals surface area contributed by atoms with Gasteiger partial charge < -0.3 is 24.0 Å². The molecular formula is C31H40N2O5S. The van der Waals surface area contributed by atoms with Crippen molar-refractivity contribution in [2.45, 2.75) is 46.1 Å². The van der Waals surface area contributed by atoms with E-state index in [1.807, 2.05) is 47.4 Å². The van der Waals surface area contributed by atoms with Crippen LogP contribution in [-0.4, -0.2) is 62.6 Å². The Morgan fingerprint density at radius 2 is 1.51 bits per heavy atom. The van der Waals surface area contributed by atoms with Crippen molar-refractivity contribution in [1.82, 2.24) is 9.80 Å². The molecule has 0 aliphatic rings. The van der Waals surface area contributed by atoms with Crippen LogP contribution in [0.25, 0.3) is 0 Å². The number of hydrogen-bond acceptors (Lipinski definition) is 6. The van der Waals surface area contributed by atoms with Crippen molar-refractivity contribution in [2.24, 2.45) is 0 Å².